The van der Waals surface area contributed by atoms with Crippen LogP contribution in [0.1, 0.15) is 70.0 Å². The Morgan fingerprint density at radius 3 is 1.58 bits per heavy atom. The molecule has 1 aromatic carbocycles. The first-order chi connectivity index (χ1) is 10.8. The highest BCUT2D eigenvalue weighted by atomic mass is 31.2. The van der Waals surface area contributed by atoms with Gasteiger partial charge >= 0.3 is 7.60 Å². The molecule has 0 saturated carbocycles. The summed E-state index contributed by atoms with van der Waals surface area (Å²) in [6.45, 7) is 14.3. The van der Waals surface area contributed by atoms with Gasteiger partial charge in [-0.2, -0.15) is 0 Å². The third kappa shape index (κ3) is 4.56. The summed E-state index contributed by atoms with van der Waals surface area (Å²) in [6.07, 6.45) is 0. The number of hydrogen-bond donors (Lipinski definition) is 0. The van der Waals surface area contributed by atoms with Gasteiger partial charge in [-0.05, 0) is 41.0 Å². The van der Waals surface area contributed by atoms with Gasteiger partial charge in [-0.25, -0.2) is 0 Å². The van der Waals surface area contributed by atoms with E-state index in [1.807, 2.05) is 12.1 Å². The van der Waals surface area contributed by atoms with Crippen LogP contribution in [-0.4, -0.2) is 25.7 Å². The highest BCUT2D eigenvalue weighted by Crippen LogP contribution is 2.52. The number of carbonyl (C=O) groups is 1. The van der Waals surface area contributed by atoms with Gasteiger partial charge in [-0.3, -0.25) is 9.36 Å². The summed E-state index contributed by atoms with van der Waals surface area (Å²) in [5.41, 5.74) is 1.67. The average molecular weight is 354 g/mol. The predicted octanol–water partition coefficient (Wildman–Crippen LogP) is 5.34. The highest BCUT2D eigenvalue weighted by Gasteiger charge is 2.37. The second-order valence-electron chi connectivity index (χ2n) is 8.24. The number of rotatable bonds is 5. The quantitative estimate of drug-likeness (QED) is 0.529. The molecule has 0 bridgehead atoms. The molecule has 1 atom stereocenters. The fourth-order valence-corrected chi connectivity index (χ4v) is 3.63. The molecule has 5 heteroatoms. The summed E-state index contributed by atoms with van der Waals surface area (Å²) < 4.78 is 22.6. The third-order valence-electron chi connectivity index (χ3n) is 4.31. The normalized spacial score (nSPS) is 14.5. The lowest BCUT2D eigenvalue weighted by molar-refractivity contribution is 0.0978. The van der Waals surface area contributed by atoms with Crippen molar-refractivity contribution in [1.82, 2.24) is 0 Å². The van der Waals surface area contributed by atoms with Crippen molar-refractivity contribution in [3.63, 3.8) is 0 Å². The first-order valence-electron chi connectivity index (χ1n) is 8.17. The van der Waals surface area contributed by atoms with Crippen LogP contribution in [0.15, 0.2) is 18.2 Å². The molecule has 0 saturated heterocycles. The zero-order valence-electron chi connectivity index (χ0n) is 16.4. The van der Waals surface area contributed by atoms with Crippen molar-refractivity contribution in [1.29, 1.82) is 0 Å². The highest BCUT2D eigenvalue weighted by molar-refractivity contribution is 7.55. The van der Waals surface area contributed by atoms with Crippen molar-refractivity contribution in [3.05, 3.63) is 34.9 Å². The number of benzene rings is 1. The molecule has 0 aliphatic carbocycles. The number of carbonyl (C=O) groups excluding carboxylic acids is 1. The van der Waals surface area contributed by atoms with Gasteiger partial charge in [0.1, 0.15) is 5.66 Å². The van der Waals surface area contributed by atoms with E-state index >= 15 is 0 Å². The van der Waals surface area contributed by atoms with E-state index in [-0.39, 0.29) is 16.6 Å². The predicted molar refractivity (Wildman–Crippen MR) is 99.3 cm³/mol. The number of ketones is 1. The maximum absolute atomic E-state index is 12.9. The van der Waals surface area contributed by atoms with Crippen molar-refractivity contribution >= 4 is 13.4 Å². The van der Waals surface area contributed by atoms with Crippen LogP contribution in [0.5, 0.6) is 0 Å². The Morgan fingerprint density at radius 1 is 0.917 bits per heavy atom. The van der Waals surface area contributed by atoms with Gasteiger partial charge in [0, 0.05) is 19.8 Å². The molecule has 24 heavy (non-hydrogen) atoms. The number of hydrogen-bond acceptors (Lipinski definition) is 4. The Labute approximate surface area is 146 Å². The van der Waals surface area contributed by atoms with Crippen LogP contribution in [0.4, 0.5) is 0 Å². The lowest BCUT2D eigenvalue weighted by Crippen LogP contribution is -2.22. The van der Waals surface area contributed by atoms with Crippen LogP contribution < -0.4 is 0 Å². The monoisotopic (exact) mass is 354 g/mol. The molecule has 1 rings (SSSR count). The van der Waals surface area contributed by atoms with E-state index in [1.165, 1.54) is 14.2 Å². The van der Waals surface area contributed by atoms with E-state index in [0.29, 0.717) is 5.56 Å². The van der Waals surface area contributed by atoms with E-state index in [2.05, 4.69) is 47.6 Å². The molecule has 0 N–H and O–H groups in total. The largest absolute Gasteiger partial charge is 0.340 e. The third-order valence-corrected chi connectivity index (χ3v) is 6.51. The molecular formula is C19H31O4P. The summed E-state index contributed by atoms with van der Waals surface area (Å²) in [7, 11) is -0.843. The lowest BCUT2D eigenvalue weighted by atomic mass is 9.79. The fraction of sp³-hybridized carbons (Fsp3) is 0.632. The van der Waals surface area contributed by atoms with E-state index in [9.17, 15) is 9.36 Å². The van der Waals surface area contributed by atoms with Crippen molar-refractivity contribution in [2.75, 3.05) is 14.2 Å². The van der Waals surface area contributed by atoms with Crippen molar-refractivity contribution in [2.45, 2.75) is 65.0 Å². The van der Waals surface area contributed by atoms with E-state index < -0.39 is 13.3 Å². The lowest BCUT2D eigenvalue weighted by Gasteiger charge is -2.27. The molecule has 4 nitrogen and oxygen atoms in total. The summed E-state index contributed by atoms with van der Waals surface area (Å²) in [6, 6.07) is 5.93. The van der Waals surface area contributed by atoms with Crippen LogP contribution in [0.25, 0.3) is 0 Å². The van der Waals surface area contributed by atoms with Crippen molar-refractivity contribution in [3.8, 4) is 0 Å². The van der Waals surface area contributed by atoms with E-state index in [0.717, 1.165) is 11.1 Å². The van der Waals surface area contributed by atoms with Crippen LogP contribution >= 0.6 is 7.60 Å². The Kier molecular flexibility index (Phi) is 6.25. The minimum absolute atomic E-state index is 0.0915. The zero-order valence-corrected chi connectivity index (χ0v) is 17.3. The van der Waals surface area contributed by atoms with Gasteiger partial charge in [0.05, 0.1) is 0 Å². The summed E-state index contributed by atoms with van der Waals surface area (Å²) in [4.78, 5) is 12.9. The smallest absolute Gasteiger partial charge is 0.311 e. The first kappa shape index (κ1) is 21.1. The van der Waals surface area contributed by atoms with Gasteiger partial charge < -0.3 is 9.05 Å². The Morgan fingerprint density at radius 2 is 1.29 bits per heavy atom. The maximum Gasteiger partial charge on any atom is 0.340 e. The van der Waals surface area contributed by atoms with Crippen molar-refractivity contribution in [2.24, 2.45) is 0 Å². The second-order valence-corrected chi connectivity index (χ2v) is 10.8. The Bertz CT molecular complexity index is 610. The fourth-order valence-electron chi connectivity index (χ4n) is 2.41. The average Bonchev–Trinajstić information content (AvgIpc) is 2.50. The summed E-state index contributed by atoms with van der Waals surface area (Å²) in [5.74, 6) is -0.223. The molecule has 0 amide bonds. The molecule has 0 radical (unpaired) electrons. The maximum atomic E-state index is 12.9. The van der Waals surface area contributed by atoms with E-state index in [4.69, 9.17) is 9.05 Å². The SMILES string of the molecule is COP(=O)(OC)C(C)C(=O)c1cc(C(C)(C)C)cc(C(C)(C)C)c1. The minimum Gasteiger partial charge on any atom is -0.311 e. The van der Waals surface area contributed by atoms with Gasteiger partial charge in [0.25, 0.3) is 0 Å². The molecule has 136 valence electrons. The van der Waals surface area contributed by atoms with E-state index in [1.54, 1.807) is 6.92 Å². The molecule has 0 spiro atoms. The standard InChI is InChI=1S/C19H31O4P/c1-13(24(21,22-8)23-9)17(20)14-10-15(18(2,3)4)12-16(11-14)19(5,6)7/h10-13H,1-9H3. The zero-order chi connectivity index (χ0) is 18.9. The molecule has 1 unspecified atom stereocenters. The second kappa shape index (κ2) is 7.11. The van der Waals surface area contributed by atoms with Gasteiger partial charge in [-0.15, -0.1) is 0 Å². The molecule has 0 aromatic heterocycles. The van der Waals surface area contributed by atoms with Gasteiger partial charge in [0.2, 0.25) is 0 Å². The molecular weight excluding hydrogens is 323 g/mol. The number of Topliss-reactive ketones (excluding diaryl/α,β-unsaturated/α-hetero) is 1. The van der Waals surface area contributed by atoms with Crippen LogP contribution in [0.2, 0.25) is 0 Å². The molecule has 0 fully saturated rings. The topological polar surface area (TPSA) is 52.6 Å². The van der Waals surface area contributed by atoms with Crippen LogP contribution in [0.3, 0.4) is 0 Å². The molecule has 0 aliphatic heterocycles. The molecule has 0 aliphatic rings. The minimum atomic E-state index is -3.45. The van der Waals surface area contributed by atoms with Gasteiger partial charge in [-0.1, -0.05) is 47.6 Å². The van der Waals surface area contributed by atoms with Crippen LogP contribution in [-0.2, 0) is 24.4 Å². The first-order valence-corrected chi connectivity index (χ1v) is 9.79. The Hall–Kier alpha value is -0.960. The molecule has 1 aromatic rings. The van der Waals surface area contributed by atoms with Crippen molar-refractivity contribution < 1.29 is 18.4 Å². The summed E-state index contributed by atoms with van der Waals surface area (Å²) in [5, 5.41) is 0. The summed E-state index contributed by atoms with van der Waals surface area (Å²) >= 11 is 0. The molecule has 0 heterocycles. The van der Waals surface area contributed by atoms with Gasteiger partial charge in [0.15, 0.2) is 5.78 Å². The Balaban J connectivity index is 3.48. The van der Waals surface area contributed by atoms with Crippen LogP contribution in [0, 0.1) is 0 Å².